The topological polar surface area (TPSA) is 135 Å². The van der Waals surface area contributed by atoms with Crippen LogP contribution in [0.1, 0.15) is 142 Å². The van der Waals surface area contributed by atoms with Crippen LogP contribution in [0.5, 0.6) is 0 Å². The van der Waals surface area contributed by atoms with Crippen LogP contribution in [0.4, 0.5) is 0 Å². The summed E-state index contributed by atoms with van der Waals surface area (Å²) < 4.78 is 34.4. The normalized spacial score (nSPS) is 15.6. The third-order valence-electron chi connectivity index (χ3n) is 8.88. The Bertz CT molecular complexity index is 1170. The monoisotopic (exact) mass is 824 g/mol. The Morgan fingerprint density at radius 2 is 1.25 bits per heavy atom. The van der Waals surface area contributed by atoms with Crippen LogP contribution >= 0.6 is 7.82 Å². The molecule has 0 aliphatic heterocycles. The quantitative estimate of drug-likeness (QED) is 0.0155. The highest BCUT2D eigenvalue weighted by Crippen LogP contribution is 2.38. The molecule has 4 atom stereocenters. The van der Waals surface area contributed by atoms with Crippen LogP contribution in [-0.2, 0) is 27.9 Å². The van der Waals surface area contributed by atoms with Gasteiger partial charge in [-0.3, -0.25) is 9.36 Å². The van der Waals surface area contributed by atoms with Gasteiger partial charge in [-0.25, -0.2) is 0 Å². The Hall–Kier alpha value is -2.14. The molecule has 0 aromatic carbocycles. The molecule has 0 aliphatic carbocycles. The fourth-order valence-corrected chi connectivity index (χ4v) is 6.22. The minimum atomic E-state index is -4.56. The zero-order valence-corrected chi connectivity index (χ0v) is 37.4. The van der Waals surface area contributed by atoms with Gasteiger partial charge in [0.05, 0.1) is 46.6 Å². The van der Waals surface area contributed by atoms with Gasteiger partial charge in [0.1, 0.15) is 19.3 Å². The van der Waals surface area contributed by atoms with Gasteiger partial charge in [0.25, 0.3) is 7.82 Å². The van der Waals surface area contributed by atoms with Crippen LogP contribution in [0.15, 0.2) is 72.9 Å². The highest BCUT2D eigenvalue weighted by molar-refractivity contribution is 7.45. The summed E-state index contributed by atoms with van der Waals surface area (Å²) in [5.74, 6) is -0.445. The van der Waals surface area contributed by atoms with Crippen molar-refractivity contribution in [2.75, 3.05) is 54.1 Å². The zero-order valence-electron chi connectivity index (χ0n) is 36.5. The summed E-state index contributed by atoms with van der Waals surface area (Å²) in [5, 5.41) is 19.2. The van der Waals surface area contributed by atoms with Crippen LogP contribution in [0.2, 0.25) is 0 Å². The van der Waals surface area contributed by atoms with Crippen LogP contribution in [0.25, 0.3) is 0 Å². The maximum Gasteiger partial charge on any atom is 0.306 e. The number of phosphoric acid groups is 1. The van der Waals surface area contributed by atoms with Gasteiger partial charge in [-0.2, -0.15) is 0 Å². The molecule has 11 heteroatoms. The van der Waals surface area contributed by atoms with Crippen molar-refractivity contribution >= 4 is 13.8 Å². The van der Waals surface area contributed by atoms with Crippen molar-refractivity contribution in [3.8, 4) is 0 Å². The number of ether oxygens (including phenoxy) is 2. The molecular weight excluding hydrogens is 741 g/mol. The maximum absolute atomic E-state index is 12.6. The minimum Gasteiger partial charge on any atom is -0.756 e. The number of unbranched alkanes of at least 4 members (excludes halogenated alkanes) is 13. The highest BCUT2D eigenvalue weighted by Gasteiger charge is 2.20. The predicted octanol–water partition coefficient (Wildman–Crippen LogP) is 10.0. The van der Waals surface area contributed by atoms with Gasteiger partial charge in [-0.05, 0) is 45.4 Å². The fourth-order valence-electron chi connectivity index (χ4n) is 5.49. The Kier molecular flexibility index (Phi) is 36.7. The summed E-state index contributed by atoms with van der Waals surface area (Å²) in [4.78, 5) is 25.0. The van der Waals surface area contributed by atoms with E-state index < -0.39 is 32.1 Å². The molecule has 0 saturated heterocycles. The first-order valence-electron chi connectivity index (χ1n) is 21.8. The average molecular weight is 824 g/mol. The zero-order chi connectivity index (χ0) is 42.3. The standard InChI is InChI=1S/C46H82NO9P/c1-6-7-8-9-10-11-12-13-14-17-20-23-28-33-39-53-41-45(42-55-57(51,52)54-40-38-47(3,4)5)56-46(50)37-32-25-22-19-16-15-18-21-24-30-35-44(49)36-31-27-26-29-34-43(2)48/h15-16,21-22,24-25,27,29-31,34-35,43-45,48-49H,6-14,17-20,23,26,28,32-33,36-42H2,1-5H3/b16-15+,24-21+,25-22+,31-27+,34-29-,35-30-. The molecule has 10 nitrogen and oxygen atoms in total. The molecule has 330 valence electrons. The minimum absolute atomic E-state index is 0.00408. The molecule has 2 N–H and O–H groups in total. The Labute approximate surface area is 348 Å². The lowest BCUT2D eigenvalue weighted by Gasteiger charge is -2.28. The van der Waals surface area contributed by atoms with Gasteiger partial charge in [0.15, 0.2) is 0 Å². The summed E-state index contributed by atoms with van der Waals surface area (Å²) in [6, 6.07) is 0. The van der Waals surface area contributed by atoms with Crippen LogP contribution in [-0.4, -0.2) is 93.1 Å². The first-order valence-corrected chi connectivity index (χ1v) is 23.3. The molecule has 0 aliphatic rings. The van der Waals surface area contributed by atoms with E-state index in [2.05, 4.69) is 6.92 Å². The summed E-state index contributed by atoms with van der Waals surface area (Å²) in [6.45, 7) is 4.66. The van der Waals surface area contributed by atoms with Crippen molar-refractivity contribution in [1.29, 1.82) is 0 Å². The Balaban J connectivity index is 4.45. The summed E-state index contributed by atoms with van der Waals surface area (Å²) in [7, 11) is 1.25. The van der Waals surface area contributed by atoms with Gasteiger partial charge < -0.3 is 38.1 Å². The Morgan fingerprint density at radius 3 is 1.86 bits per heavy atom. The molecule has 0 spiro atoms. The Morgan fingerprint density at radius 1 is 0.684 bits per heavy atom. The number of hydrogen-bond donors (Lipinski definition) is 2. The number of esters is 1. The van der Waals surface area contributed by atoms with Gasteiger partial charge in [-0.1, -0.05) is 163 Å². The summed E-state index contributed by atoms with van der Waals surface area (Å²) >= 11 is 0. The van der Waals surface area contributed by atoms with E-state index in [1.807, 2.05) is 81.9 Å². The fraction of sp³-hybridized carbons (Fsp3) is 0.717. The van der Waals surface area contributed by atoms with E-state index in [1.54, 1.807) is 19.1 Å². The van der Waals surface area contributed by atoms with Crippen molar-refractivity contribution in [3.05, 3.63) is 72.9 Å². The predicted molar refractivity (Wildman–Crippen MR) is 234 cm³/mol. The van der Waals surface area contributed by atoms with Crippen molar-refractivity contribution in [1.82, 2.24) is 0 Å². The van der Waals surface area contributed by atoms with Crippen molar-refractivity contribution in [2.45, 2.75) is 161 Å². The smallest absolute Gasteiger partial charge is 0.306 e. The molecule has 4 unspecified atom stereocenters. The van der Waals surface area contributed by atoms with Gasteiger partial charge in [0.2, 0.25) is 0 Å². The number of likely N-dealkylation sites (N-methyl/N-ethyl adjacent to an activating group) is 1. The number of phosphoric ester groups is 1. The summed E-state index contributed by atoms with van der Waals surface area (Å²) in [5.41, 5.74) is 0. The second-order valence-electron chi connectivity index (χ2n) is 15.8. The van der Waals surface area contributed by atoms with Gasteiger partial charge >= 0.3 is 5.97 Å². The van der Waals surface area contributed by atoms with E-state index in [4.69, 9.17) is 18.5 Å². The summed E-state index contributed by atoms with van der Waals surface area (Å²) in [6.07, 6.45) is 42.4. The number of rotatable bonds is 39. The van der Waals surface area contributed by atoms with E-state index in [0.717, 1.165) is 32.1 Å². The molecule has 0 aromatic rings. The van der Waals surface area contributed by atoms with E-state index in [9.17, 15) is 24.5 Å². The highest BCUT2D eigenvalue weighted by atomic mass is 31.2. The second-order valence-corrected chi connectivity index (χ2v) is 17.2. The number of aliphatic hydroxyl groups is 2. The molecule has 0 amide bonds. The molecule has 0 bridgehead atoms. The third-order valence-corrected chi connectivity index (χ3v) is 9.84. The molecule has 0 heterocycles. The molecular formula is C46H82NO9P. The molecule has 0 radical (unpaired) electrons. The number of allylic oxidation sites excluding steroid dienone is 9. The lowest BCUT2D eigenvalue weighted by atomic mass is 10.0. The molecule has 57 heavy (non-hydrogen) atoms. The number of nitrogens with zero attached hydrogens (tertiary/aromatic N) is 1. The van der Waals surface area contributed by atoms with Crippen molar-refractivity contribution < 1.29 is 47.5 Å². The lowest BCUT2D eigenvalue weighted by Crippen LogP contribution is -2.37. The molecule has 0 fully saturated rings. The number of hydrogen-bond acceptors (Lipinski definition) is 9. The maximum atomic E-state index is 12.6. The van der Waals surface area contributed by atoms with Crippen molar-refractivity contribution in [2.24, 2.45) is 0 Å². The first kappa shape index (κ1) is 54.9. The molecule has 0 rings (SSSR count). The van der Waals surface area contributed by atoms with Crippen LogP contribution in [0.3, 0.4) is 0 Å². The number of quaternary nitrogens is 1. The second kappa shape index (κ2) is 38.1. The lowest BCUT2D eigenvalue weighted by molar-refractivity contribution is -0.870. The average Bonchev–Trinajstić information content (AvgIpc) is 3.14. The largest absolute Gasteiger partial charge is 0.756 e. The number of carbonyl (C=O) groups excluding carboxylic acids is 1. The first-order chi connectivity index (χ1) is 27.3. The van der Waals surface area contributed by atoms with E-state index in [0.29, 0.717) is 30.5 Å². The number of aliphatic hydroxyl groups excluding tert-OH is 2. The number of carbonyl (C=O) groups is 1. The SMILES string of the molecule is CCCCCCCCCCCCCCCCOCC(COP(=O)([O-])OCC[N+](C)(C)C)OC(=O)CC/C=C/C/C=C/C/C=C/C=C\C(O)C/C=C/C/C=C\C(C)O. The third kappa shape index (κ3) is 43.3. The van der Waals surface area contributed by atoms with Crippen LogP contribution in [0, 0.1) is 0 Å². The van der Waals surface area contributed by atoms with Gasteiger partial charge in [0, 0.05) is 13.0 Å². The van der Waals surface area contributed by atoms with E-state index in [-0.39, 0.29) is 26.2 Å². The van der Waals surface area contributed by atoms with Gasteiger partial charge in [-0.15, -0.1) is 0 Å². The van der Waals surface area contributed by atoms with Crippen LogP contribution < -0.4 is 4.89 Å². The van der Waals surface area contributed by atoms with Crippen molar-refractivity contribution in [3.63, 3.8) is 0 Å². The van der Waals surface area contributed by atoms with E-state index in [1.165, 1.54) is 77.0 Å². The van der Waals surface area contributed by atoms with E-state index >= 15 is 0 Å². The molecule has 0 aromatic heterocycles. The molecule has 0 saturated carbocycles.